The monoisotopic (exact) mass is 173 g/mol. The SMILES string of the molecule is CCC(C)CNCCCC(=O)O. The van der Waals surface area contributed by atoms with Crippen molar-refractivity contribution in [3.63, 3.8) is 0 Å². The van der Waals surface area contributed by atoms with Gasteiger partial charge in [0.1, 0.15) is 0 Å². The Morgan fingerprint density at radius 2 is 2.25 bits per heavy atom. The molecular weight excluding hydrogens is 154 g/mol. The fourth-order valence-corrected chi connectivity index (χ4v) is 0.857. The van der Waals surface area contributed by atoms with Crippen molar-refractivity contribution < 1.29 is 9.90 Å². The van der Waals surface area contributed by atoms with E-state index in [2.05, 4.69) is 19.2 Å². The fourth-order valence-electron chi connectivity index (χ4n) is 0.857. The average molecular weight is 173 g/mol. The number of aliphatic carboxylic acids is 1. The topological polar surface area (TPSA) is 49.3 Å². The first-order valence-corrected chi connectivity index (χ1v) is 4.59. The Bertz CT molecular complexity index is 126. The highest BCUT2D eigenvalue weighted by atomic mass is 16.4. The number of rotatable bonds is 7. The van der Waals surface area contributed by atoms with Crippen molar-refractivity contribution in [2.24, 2.45) is 5.92 Å². The molecule has 0 aromatic rings. The molecule has 0 amide bonds. The predicted octanol–water partition coefficient (Wildman–Crippen LogP) is 1.49. The van der Waals surface area contributed by atoms with E-state index in [1.54, 1.807) is 0 Å². The highest BCUT2D eigenvalue weighted by Gasteiger charge is 1.98. The minimum absolute atomic E-state index is 0.271. The first-order chi connectivity index (χ1) is 5.66. The van der Waals surface area contributed by atoms with E-state index < -0.39 is 5.97 Å². The van der Waals surface area contributed by atoms with Crippen LogP contribution < -0.4 is 5.32 Å². The minimum atomic E-state index is -0.708. The average Bonchev–Trinajstić information content (AvgIpc) is 2.03. The number of nitrogens with one attached hydrogen (secondary N) is 1. The van der Waals surface area contributed by atoms with Crippen LogP contribution in [0.3, 0.4) is 0 Å². The molecule has 72 valence electrons. The Balaban J connectivity index is 3.05. The smallest absolute Gasteiger partial charge is 0.303 e. The lowest BCUT2D eigenvalue weighted by Gasteiger charge is -2.08. The van der Waals surface area contributed by atoms with Crippen molar-refractivity contribution in [2.75, 3.05) is 13.1 Å². The Morgan fingerprint density at radius 3 is 2.75 bits per heavy atom. The summed E-state index contributed by atoms with van der Waals surface area (Å²) in [7, 11) is 0. The van der Waals surface area contributed by atoms with Gasteiger partial charge in [-0.15, -0.1) is 0 Å². The standard InChI is InChI=1S/C9H19NO2/c1-3-8(2)7-10-6-4-5-9(11)12/h8,10H,3-7H2,1-2H3,(H,11,12). The van der Waals surface area contributed by atoms with E-state index in [1.165, 1.54) is 6.42 Å². The number of carbonyl (C=O) groups is 1. The van der Waals surface area contributed by atoms with Crippen LogP contribution >= 0.6 is 0 Å². The minimum Gasteiger partial charge on any atom is -0.481 e. The number of carboxylic acids is 1. The molecule has 3 nitrogen and oxygen atoms in total. The summed E-state index contributed by atoms with van der Waals surface area (Å²) in [5.41, 5.74) is 0. The molecule has 2 N–H and O–H groups in total. The highest BCUT2D eigenvalue weighted by molar-refractivity contribution is 5.66. The van der Waals surface area contributed by atoms with Gasteiger partial charge in [-0.1, -0.05) is 20.3 Å². The van der Waals surface area contributed by atoms with E-state index in [-0.39, 0.29) is 6.42 Å². The van der Waals surface area contributed by atoms with E-state index >= 15 is 0 Å². The number of hydrogen-bond donors (Lipinski definition) is 2. The van der Waals surface area contributed by atoms with Gasteiger partial charge in [-0.05, 0) is 25.4 Å². The molecular formula is C9H19NO2. The molecule has 0 bridgehead atoms. The third-order valence-corrected chi connectivity index (χ3v) is 1.93. The van der Waals surface area contributed by atoms with E-state index in [1.807, 2.05) is 0 Å². The van der Waals surface area contributed by atoms with Gasteiger partial charge in [0.2, 0.25) is 0 Å². The molecule has 1 unspecified atom stereocenters. The number of hydrogen-bond acceptors (Lipinski definition) is 2. The summed E-state index contributed by atoms with van der Waals surface area (Å²) in [6, 6.07) is 0. The lowest BCUT2D eigenvalue weighted by molar-refractivity contribution is -0.137. The van der Waals surface area contributed by atoms with Crippen LogP contribution in [0.15, 0.2) is 0 Å². The molecule has 0 aliphatic rings. The zero-order chi connectivity index (χ0) is 9.40. The summed E-state index contributed by atoms with van der Waals surface area (Å²) in [4.78, 5) is 10.1. The van der Waals surface area contributed by atoms with Gasteiger partial charge >= 0.3 is 5.97 Å². The van der Waals surface area contributed by atoms with Gasteiger partial charge in [0, 0.05) is 6.42 Å². The molecule has 3 heteroatoms. The van der Waals surface area contributed by atoms with Gasteiger partial charge in [0.15, 0.2) is 0 Å². The summed E-state index contributed by atoms with van der Waals surface area (Å²) in [6.45, 7) is 6.15. The van der Waals surface area contributed by atoms with E-state index in [0.29, 0.717) is 5.92 Å². The molecule has 0 saturated heterocycles. The van der Waals surface area contributed by atoms with Crippen molar-refractivity contribution in [3.8, 4) is 0 Å². The Morgan fingerprint density at radius 1 is 1.58 bits per heavy atom. The predicted molar refractivity (Wildman–Crippen MR) is 49.2 cm³/mol. The van der Waals surface area contributed by atoms with Crippen LogP contribution in [-0.4, -0.2) is 24.2 Å². The van der Waals surface area contributed by atoms with Crippen LogP contribution in [0.1, 0.15) is 33.1 Å². The zero-order valence-electron chi connectivity index (χ0n) is 7.97. The second-order valence-corrected chi connectivity index (χ2v) is 3.21. The van der Waals surface area contributed by atoms with E-state index in [4.69, 9.17) is 5.11 Å². The molecule has 12 heavy (non-hydrogen) atoms. The molecule has 0 heterocycles. The van der Waals surface area contributed by atoms with Gasteiger partial charge in [0.05, 0.1) is 0 Å². The lowest BCUT2D eigenvalue weighted by atomic mass is 10.1. The Labute approximate surface area is 74.2 Å². The normalized spacial score (nSPS) is 12.8. The maximum atomic E-state index is 10.1. The van der Waals surface area contributed by atoms with Crippen LogP contribution in [0.4, 0.5) is 0 Å². The second-order valence-electron chi connectivity index (χ2n) is 3.21. The maximum Gasteiger partial charge on any atom is 0.303 e. The molecule has 0 aliphatic carbocycles. The van der Waals surface area contributed by atoms with Crippen LogP contribution in [-0.2, 0) is 4.79 Å². The summed E-state index contributed by atoms with van der Waals surface area (Å²) in [5.74, 6) is -0.0184. The van der Waals surface area contributed by atoms with E-state index in [0.717, 1.165) is 19.5 Å². The van der Waals surface area contributed by atoms with Crippen LogP contribution in [0.5, 0.6) is 0 Å². The summed E-state index contributed by atoms with van der Waals surface area (Å²) >= 11 is 0. The first-order valence-electron chi connectivity index (χ1n) is 4.59. The number of carboxylic acid groups (broad SMARTS) is 1. The molecule has 0 spiro atoms. The summed E-state index contributed by atoms with van der Waals surface area (Å²) in [5, 5.41) is 11.6. The van der Waals surface area contributed by atoms with Gasteiger partial charge in [-0.25, -0.2) is 0 Å². The molecule has 0 radical (unpaired) electrons. The zero-order valence-corrected chi connectivity index (χ0v) is 7.97. The molecule has 0 saturated carbocycles. The molecule has 0 aromatic carbocycles. The summed E-state index contributed by atoms with van der Waals surface area (Å²) < 4.78 is 0. The van der Waals surface area contributed by atoms with E-state index in [9.17, 15) is 4.79 Å². The quantitative estimate of drug-likeness (QED) is 0.573. The van der Waals surface area contributed by atoms with Crippen molar-refractivity contribution in [1.29, 1.82) is 0 Å². The molecule has 0 aliphatic heterocycles. The van der Waals surface area contributed by atoms with Crippen molar-refractivity contribution in [1.82, 2.24) is 5.32 Å². The largest absolute Gasteiger partial charge is 0.481 e. The van der Waals surface area contributed by atoms with Gasteiger partial charge < -0.3 is 10.4 Å². The third kappa shape index (κ3) is 7.54. The molecule has 0 fully saturated rings. The van der Waals surface area contributed by atoms with Crippen LogP contribution in [0, 0.1) is 5.92 Å². The molecule has 0 rings (SSSR count). The van der Waals surface area contributed by atoms with Crippen LogP contribution in [0.2, 0.25) is 0 Å². The van der Waals surface area contributed by atoms with Gasteiger partial charge in [-0.2, -0.15) is 0 Å². The first kappa shape index (κ1) is 11.4. The molecule has 0 aromatic heterocycles. The molecule has 1 atom stereocenters. The lowest BCUT2D eigenvalue weighted by Crippen LogP contribution is -2.22. The maximum absolute atomic E-state index is 10.1. The Kier molecular flexibility index (Phi) is 6.76. The summed E-state index contributed by atoms with van der Waals surface area (Å²) in [6.07, 6.45) is 2.17. The van der Waals surface area contributed by atoms with Crippen molar-refractivity contribution in [3.05, 3.63) is 0 Å². The van der Waals surface area contributed by atoms with Crippen molar-refractivity contribution in [2.45, 2.75) is 33.1 Å². The van der Waals surface area contributed by atoms with Crippen molar-refractivity contribution >= 4 is 5.97 Å². The fraction of sp³-hybridized carbons (Fsp3) is 0.889. The second kappa shape index (κ2) is 7.10. The van der Waals surface area contributed by atoms with Gasteiger partial charge in [0.25, 0.3) is 0 Å². The Hall–Kier alpha value is -0.570. The van der Waals surface area contributed by atoms with Crippen LogP contribution in [0.25, 0.3) is 0 Å². The third-order valence-electron chi connectivity index (χ3n) is 1.93. The highest BCUT2D eigenvalue weighted by Crippen LogP contribution is 1.97. The van der Waals surface area contributed by atoms with Gasteiger partial charge in [-0.3, -0.25) is 4.79 Å².